The molecule has 0 N–H and O–H groups in total. The molecule has 0 saturated carbocycles. The van der Waals surface area contributed by atoms with Gasteiger partial charge >= 0.3 is 7.12 Å². The first kappa shape index (κ1) is 14.0. The van der Waals surface area contributed by atoms with E-state index in [2.05, 4.69) is 19.8 Å². The molecule has 1 saturated heterocycles. The fourth-order valence-electron chi connectivity index (χ4n) is 2.18. The Bertz CT molecular complexity index is 507. The Morgan fingerprint density at radius 3 is 2.47 bits per heavy atom. The summed E-state index contributed by atoms with van der Waals surface area (Å²) in [6.07, 6.45) is 5.52. The number of aryl methyl sites for hydroxylation is 1. The lowest BCUT2D eigenvalue weighted by atomic mass is 9.74. The number of hydrogen-bond acceptors (Lipinski definition) is 3. The molecule has 1 aliphatic heterocycles. The van der Waals surface area contributed by atoms with Crippen LogP contribution in [-0.2, 0) is 9.31 Å². The van der Waals surface area contributed by atoms with Crippen molar-refractivity contribution in [2.24, 2.45) is 5.41 Å². The van der Waals surface area contributed by atoms with Crippen LogP contribution in [0, 0.1) is 24.7 Å². The van der Waals surface area contributed by atoms with Crippen LogP contribution < -0.4 is 10.2 Å². The molecule has 0 atom stereocenters. The van der Waals surface area contributed by atoms with Gasteiger partial charge < -0.3 is 14.0 Å². The molecule has 1 aliphatic rings. The minimum Gasteiger partial charge on any atom is -0.496 e. The third-order valence-corrected chi connectivity index (χ3v) is 3.13. The van der Waals surface area contributed by atoms with Gasteiger partial charge in [-0.2, -0.15) is 0 Å². The molecular weight excluding hydrogens is 239 g/mol. The zero-order valence-electron chi connectivity index (χ0n) is 11.9. The summed E-state index contributed by atoms with van der Waals surface area (Å²) in [7, 11) is 1.21. The normalized spacial score (nSPS) is 17.9. The number of terminal acetylenes is 1. The van der Waals surface area contributed by atoms with Gasteiger partial charge in [-0.3, -0.25) is 0 Å². The molecule has 0 amide bonds. The van der Waals surface area contributed by atoms with E-state index in [9.17, 15) is 0 Å². The Morgan fingerprint density at radius 2 is 1.95 bits per heavy atom. The summed E-state index contributed by atoms with van der Waals surface area (Å²) in [4.78, 5) is 0. The van der Waals surface area contributed by atoms with E-state index in [0.717, 1.165) is 16.6 Å². The predicted molar refractivity (Wildman–Crippen MR) is 76.7 cm³/mol. The predicted octanol–water partition coefficient (Wildman–Crippen LogP) is 1.75. The molecule has 0 unspecified atom stereocenters. The van der Waals surface area contributed by atoms with Gasteiger partial charge in [0.05, 0.1) is 12.7 Å². The van der Waals surface area contributed by atoms with Gasteiger partial charge in [0.25, 0.3) is 0 Å². The highest BCUT2D eigenvalue weighted by Gasteiger charge is 2.35. The minimum absolute atomic E-state index is 0.0442. The monoisotopic (exact) mass is 258 g/mol. The second-order valence-electron chi connectivity index (χ2n) is 5.70. The highest BCUT2D eigenvalue weighted by Crippen LogP contribution is 2.24. The van der Waals surface area contributed by atoms with Crippen molar-refractivity contribution in [2.45, 2.75) is 20.8 Å². The summed E-state index contributed by atoms with van der Waals surface area (Å²) in [5, 5.41) is 0. The van der Waals surface area contributed by atoms with Crippen molar-refractivity contribution < 1.29 is 14.0 Å². The van der Waals surface area contributed by atoms with Crippen molar-refractivity contribution in [2.75, 3.05) is 20.3 Å². The molecular formula is C15H19BO3. The fourth-order valence-corrected chi connectivity index (χ4v) is 2.18. The first-order chi connectivity index (χ1) is 8.96. The van der Waals surface area contributed by atoms with Gasteiger partial charge in [0.1, 0.15) is 5.75 Å². The Labute approximate surface area is 115 Å². The summed E-state index contributed by atoms with van der Waals surface area (Å²) >= 11 is 0. The standard InChI is InChI=1S/C15H19BO3/c1-6-12-7-11(2)8-13(14(12)17-5)16-18-9-15(3,4)10-19-16/h1,7-8H,9-10H2,2-5H3. The van der Waals surface area contributed by atoms with Crippen LogP contribution in [0.4, 0.5) is 0 Å². The van der Waals surface area contributed by atoms with Crippen LogP contribution in [0.1, 0.15) is 25.0 Å². The van der Waals surface area contributed by atoms with E-state index in [1.165, 1.54) is 0 Å². The molecule has 100 valence electrons. The van der Waals surface area contributed by atoms with Crippen molar-refractivity contribution in [3.05, 3.63) is 23.3 Å². The SMILES string of the molecule is C#Cc1cc(C)cc(B2OCC(C)(C)CO2)c1OC. The fraction of sp³-hybridized carbons (Fsp3) is 0.467. The molecule has 1 aromatic rings. The quantitative estimate of drug-likeness (QED) is 0.597. The Kier molecular flexibility index (Phi) is 3.89. The first-order valence-electron chi connectivity index (χ1n) is 6.35. The summed E-state index contributed by atoms with van der Waals surface area (Å²) in [6, 6.07) is 3.93. The van der Waals surface area contributed by atoms with Gasteiger partial charge in [0, 0.05) is 24.1 Å². The molecule has 4 heteroatoms. The minimum atomic E-state index is -0.407. The van der Waals surface area contributed by atoms with Crippen LogP contribution in [-0.4, -0.2) is 27.4 Å². The number of methoxy groups -OCH3 is 1. The van der Waals surface area contributed by atoms with Crippen molar-refractivity contribution in [3.63, 3.8) is 0 Å². The lowest BCUT2D eigenvalue weighted by Gasteiger charge is -2.33. The molecule has 0 aromatic heterocycles. The van der Waals surface area contributed by atoms with Crippen molar-refractivity contribution >= 4 is 12.6 Å². The first-order valence-corrected chi connectivity index (χ1v) is 6.35. The molecule has 0 bridgehead atoms. The van der Waals surface area contributed by atoms with Crippen LogP contribution in [0.3, 0.4) is 0 Å². The highest BCUT2D eigenvalue weighted by molar-refractivity contribution is 6.62. The van der Waals surface area contributed by atoms with E-state index in [-0.39, 0.29) is 5.41 Å². The summed E-state index contributed by atoms with van der Waals surface area (Å²) in [5.74, 6) is 3.31. The summed E-state index contributed by atoms with van der Waals surface area (Å²) < 4.78 is 17.0. The topological polar surface area (TPSA) is 27.7 Å². The average molecular weight is 258 g/mol. The maximum atomic E-state index is 5.81. The number of hydrogen-bond donors (Lipinski definition) is 0. The zero-order chi connectivity index (χ0) is 14.0. The van der Waals surface area contributed by atoms with Gasteiger partial charge in [0.2, 0.25) is 0 Å². The largest absolute Gasteiger partial charge is 0.497 e. The van der Waals surface area contributed by atoms with Gasteiger partial charge in [-0.05, 0) is 18.6 Å². The van der Waals surface area contributed by atoms with Crippen LogP contribution in [0.15, 0.2) is 12.1 Å². The highest BCUT2D eigenvalue weighted by atomic mass is 16.6. The Hall–Kier alpha value is -1.44. The molecule has 1 heterocycles. The maximum absolute atomic E-state index is 5.81. The van der Waals surface area contributed by atoms with Crippen LogP contribution >= 0.6 is 0 Å². The zero-order valence-corrected chi connectivity index (χ0v) is 11.9. The van der Waals surface area contributed by atoms with Crippen LogP contribution in [0.5, 0.6) is 5.75 Å². The van der Waals surface area contributed by atoms with Gasteiger partial charge in [0.15, 0.2) is 0 Å². The van der Waals surface area contributed by atoms with Crippen molar-refractivity contribution in [1.82, 2.24) is 0 Å². The molecule has 0 aliphatic carbocycles. The lowest BCUT2D eigenvalue weighted by molar-refractivity contribution is 0.0341. The molecule has 0 spiro atoms. The van der Waals surface area contributed by atoms with Gasteiger partial charge in [-0.25, -0.2) is 0 Å². The third kappa shape index (κ3) is 2.94. The van der Waals surface area contributed by atoms with E-state index in [1.54, 1.807) is 7.11 Å². The van der Waals surface area contributed by atoms with Crippen molar-refractivity contribution in [1.29, 1.82) is 0 Å². The van der Waals surface area contributed by atoms with E-state index < -0.39 is 7.12 Å². The van der Waals surface area contributed by atoms with Crippen molar-refractivity contribution in [3.8, 4) is 18.1 Å². The molecule has 1 aromatic carbocycles. The number of benzene rings is 1. The molecule has 19 heavy (non-hydrogen) atoms. The molecule has 3 nitrogen and oxygen atoms in total. The third-order valence-electron chi connectivity index (χ3n) is 3.13. The number of rotatable bonds is 2. The van der Waals surface area contributed by atoms with E-state index in [4.69, 9.17) is 20.5 Å². The van der Waals surface area contributed by atoms with E-state index >= 15 is 0 Å². The summed E-state index contributed by atoms with van der Waals surface area (Å²) in [5.41, 5.74) is 2.71. The van der Waals surface area contributed by atoms with E-state index in [0.29, 0.717) is 19.0 Å². The Morgan fingerprint density at radius 1 is 1.32 bits per heavy atom. The molecule has 2 rings (SSSR count). The van der Waals surface area contributed by atoms with Gasteiger partial charge in [-0.1, -0.05) is 25.8 Å². The Balaban J connectivity index is 2.35. The van der Waals surface area contributed by atoms with Gasteiger partial charge in [-0.15, -0.1) is 6.42 Å². The smallest absolute Gasteiger partial charge is 0.496 e. The van der Waals surface area contributed by atoms with Crippen LogP contribution in [0.2, 0.25) is 0 Å². The molecule has 1 fully saturated rings. The average Bonchev–Trinajstić information content (AvgIpc) is 2.37. The number of ether oxygens (including phenoxy) is 1. The van der Waals surface area contributed by atoms with Crippen LogP contribution in [0.25, 0.3) is 0 Å². The maximum Gasteiger partial charge on any atom is 0.497 e. The second-order valence-corrected chi connectivity index (χ2v) is 5.70. The molecule has 0 radical (unpaired) electrons. The lowest BCUT2D eigenvalue weighted by Crippen LogP contribution is -2.48. The van der Waals surface area contributed by atoms with E-state index in [1.807, 2.05) is 19.1 Å². The summed E-state index contributed by atoms with van der Waals surface area (Å²) in [6.45, 7) is 7.53. The second kappa shape index (κ2) is 5.28.